The van der Waals surface area contributed by atoms with Crippen LogP contribution >= 0.6 is 15.9 Å². The molecule has 20 heavy (non-hydrogen) atoms. The van der Waals surface area contributed by atoms with Gasteiger partial charge >= 0.3 is 0 Å². The van der Waals surface area contributed by atoms with Crippen molar-refractivity contribution < 1.29 is 9.21 Å². The first kappa shape index (κ1) is 13.4. The van der Waals surface area contributed by atoms with Crippen molar-refractivity contribution in [1.82, 2.24) is 15.1 Å². The number of H-pyrrole nitrogens is 1. The Bertz CT molecular complexity index is 611. The number of rotatable bonds is 2. The van der Waals surface area contributed by atoms with E-state index in [9.17, 15) is 4.79 Å². The van der Waals surface area contributed by atoms with Crippen LogP contribution in [0.2, 0.25) is 0 Å². The van der Waals surface area contributed by atoms with E-state index in [1.165, 1.54) is 11.8 Å². The Morgan fingerprint density at radius 3 is 2.80 bits per heavy atom. The highest BCUT2D eigenvalue weighted by molar-refractivity contribution is 9.10. The number of nitrogens with zero attached hydrogens (tertiary/aromatic N) is 2. The van der Waals surface area contributed by atoms with Gasteiger partial charge in [0.05, 0.1) is 10.7 Å². The minimum Gasteiger partial charge on any atom is -0.458 e. The number of piperidine rings is 1. The molecular weight excluding hydrogens is 322 g/mol. The number of carbonyl (C=O) groups is 1. The van der Waals surface area contributed by atoms with Gasteiger partial charge in [0.15, 0.2) is 5.76 Å². The Morgan fingerprint density at radius 1 is 1.50 bits per heavy atom. The van der Waals surface area contributed by atoms with E-state index in [-0.39, 0.29) is 5.91 Å². The van der Waals surface area contributed by atoms with E-state index >= 15 is 0 Å². The molecule has 0 saturated carbocycles. The molecule has 1 fully saturated rings. The van der Waals surface area contributed by atoms with Crippen molar-refractivity contribution >= 4 is 21.8 Å². The molecule has 5 nitrogen and oxygen atoms in total. The number of aryl methyl sites for hydroxylation is 1. The Kier molecular flexibility index (Phi) is 3.65. The molecule has 0 atom stereocenters. The third-order valence-electron chi connectivity index (χ3n) is 3.87. The SMILES string of the molecule is Cc1[nH]ncc1C1CCN(C(=O)c2cc(Br)co2)CC1. The maximum absolute atomic E-state index is 12.3. The first-order valence-corrected chi connectivity index (χ1v) is 7.47. The fraction of sp³-hybridized carbons (Fsp3) is 0.429. The first-order valence-electron chi connectivity index (χ1n) is 6.68. The van der Waals surface area contributed by atoms with E-state index in [4.69, 9.17) is 4.42 Å². The Hall–Kier alpha value is -1.56. The largest absolute Gasteiger partial charge is 0.458 e. The van der Waals surface area contributed by atoms with Crippen LogP contribution in [-0.4, -0.2) is 34.1 Å². The van der Waals surface area contributed by atoms with Crippen LogP contribution in [0, 0.1) is 6.92 Å². The molecule has 1 saturated heterocycles. The zero-order valence-corrected chi connectivity index (χ0v) is 12.8. The first-order chi connectivity index (χ1) is 9.65. The maximum Gasteiger partial charge on any atom is 0.289 e. The number of aromatic nitrogens is 2. The summed E-state index contributed by atoms with van der Waals surface area (Å²) in [4.78, 5) is 14.1. The van der Waals surface area contributed by atoms with Gasteiger partial charge in [0.1, 0.15) is 6.26 Å². The summed E-state index contributed by atoms with van der Waals surface area (Å²) in [5.74, 6) is 0.856. The van der Waals surface area contributed by atoms with E-state index in [0.717, 1.165) is 36.1 Å². The molecule has 1 N–H and O–H groups in total. The second-order valence-electron chi connectivity index (χ2n) is 5.15. The van der Waals surface area contributed by atoms with E-state index in [0.29, 0.717) is 11.7 Å². The number of carbonyl (C=O) groups excluding carboxylic acids is 1. The van der Waals surface area contributed by atoms with Crippen molar-refractivity contribution in [1.29, 1.82) is 0 Å². The predicted octanol–water partition coefficient (Wildman–Crippen LogP) is 3.09. The normalized spacial score (nSPS) is 16.6. The van der Waals surface area contributed by atoms with E-state index in [1.807, 2.05) is 18.0 Å². The average Bonchev–Trinajstić information content (AvgIpc) is 3.07. The fourth-order valence-corrected chi connectivity index (χ4v) is 3.05. The number of hydrogen-bond acceptors (Lipinski definition) is 3. The Labute approximate surface area is 125 Å². The van der Waals surface area contributed by atoms with Crippen molar-refractivity contribution in [3.8, 4) is 0 Å². The second kappa shape index (κ2) is 5.44. The summed E-state index contributed by atoms with van der Waals surface area (Å²) in [6.07, 6.45) is 5.37. The Balaban J connectivity index is 1.64. The van der Waals surface area contributed by atoms with E-state index in [2.05, 4.69) is 26.1 Å². The molecule has 1 aliphatic rings. The molecule has 106 valence electrons. The number of furan rings is 1. The lowest BCUT2D eigenvalue weighted by molar-refractivity contribution is 0.0681. The lowest BCUT2D eigenvalue weighted by atomic mass is 9.90. The molecule has 2 aromatic rings. The van der Waals surface area contributed by atoms with Crippen molar-refractivity contribution in [2.24, 2.45) is 0 Å². The molecule has 1 aliphatic heterocycles. The topological polar surface area (TPSA) is 62.1 Å². The van der Waals surface area contributed by atoms with Crippen molar-refractivity contribution in [3.63, 3.8) is 0 Å². The van der Waals surface area contributed by atoms with Crippen LogP contribution in [0.1, 0.15) is 40.6 Å². The van der Waals surface area contributed by atoms with Gasteiger partial charge in [-0.25, -0.2) is 0 Å². The van der Waals surface area contributed by atoms with Crippen LogP contribution in [0.5, 0.6) is 0 Å². The van der Waals surface area contributed by atoms with E-state index in [1.54, 1.807) is 6.07 Å². The average molecular weight is 338 g/mol. The highest BCUT2D eigenvalue weighted by Crippen LogP contribution is 2.30. The molecular formula is C14H16BrN3O2. The summed E-state index contributed by atoms with van der Waals surface area (Å²) in [6, 6.07) is 1.72. The summed E-state index contributed by atoms with van der Waals surface area (Å²) in [5.41, 5.74) is 2.41. The van der Waals surface area contributed by atoms with E-state index < -0.39 is 0 Å². The van der Waals surface area contributed by atoms with Gasteiger partial charge in [0.2, 0.25) is 0 Å². The van der Waals surface area contributed by atoms with Crippen LogP contribution in [0.15, 0.2) is 27.4 Å². The fourth-order valence-electron chi connectivity index (χ4n) is 2.75. The van der Waals surface area contributed by atoms with Crippen molar-refractivity contribution in [3.05, 3.63) is 40.0 Å². The van der Waals surface area contributed by atoms with Crippen molar-refractivity contribution in [2.75, 3.05) is 13.1 Å². The number of aromatic amines is 1. The standard InChI is InChI=1S/C14H16BrN3O2/c1-9-12(7-16-17-9)10-2-4-18(5-3-10)14(19)13-6-11(15)8-20-13/h6-8,10H,2-5H2,1H3,(H,16,17). The van der Waals surface area contributed by atoms with Crippen LogP contribution < -0.4 is 0 Å². The van der Waals surface area contributed by atoms with Gasteiger partial charge in [0, 0.05) is 24.8 Å². The third kappa shape index (κ3) is 2.52. The zero-order valence-electron chi connectivity index (χ0n) is 11.2. The van der Waals surface area contributed by atoms with Crippen LogP contribution in [0.4, 0.5) is 0 Å². The molecule has 3 rings (SSSR count). The number of halogens is 1. The highest BCUT2D eigenvalue weighted by atomic mass is 79.9. The molecule has 0 bridgehead atoms. The number of likely N-dealkylation sites (tertiary alicyclic amines) is 1. The van der Waals surface area contributed by atoms with Gasteiger partial charge in [-0.3, -0.25) is 9.89 Å². The summed E-state index contributed by atoms with van der Waals surface area (Å²) in [6.45, 7) is 3.55. The summed E-state index contributed by atoms with van der Waals surface area (Å²) in [7, 11) is 0. The molecule has 3 heterocycles. The monoisotopic (exact) mass is 337 g/mol. The predicted molar refractivity (Wildman–Crippen MR) is 77.6 cm³/mol. The second-order valence-corrected chi connectivity index (χ2v) is 6.06. The Morgan fingerprint density at radius 2 is 2.25 bits per heavy atom. The van der Waals surface area contributed by atoms with Crippen LogP contribution in [-0.2, 0) is 0 Å². The smallest absolute Gasteiger partial charge is 0.289 e. The zero-order chi connectivity index (χ0) is 14.1. The third-order valence-corrected chi connectivity index (χ3v) is 4.28. The lowest BCUT2D eigenvalue weighted by Gasteiger charge is -2.31. The summed E-state index contributed by atoms with van der Waals surface area (Å²) in [5, 5.41) is 7.05. The van der Waals surface area contributed by atoms with Gasteiger partial charge in [-0.2, -0.15) is 5.10 Å². The highest BCUT2D eigenvalue weighted by Gasteiger charge is 2.27. The molecule has 2 aromatic heterocycles. The molecule has 0 aromatic carbocycles. The summed E-state index contributed by atoms with van der Waals surface area (Å²) < 4.78 is 6.04. The van der Waals surface area contributed by atoms with Gasteiger partial charge in [0.25, 0.3) is 5.91 Å². The molecule has 0 spiro atoms. The number of nitrogens with one attached hydrogen (secondary N) is 1. The van der Waals surface area contributed by atoms with Gasteiger partial charge < -0.3 is 9.32 Å². The minimum atomic E-state index is -0.0296. The van der Waals surface area contributed by atoms with Crippen molar-refractivity contribution in [2.45, 2.75) is 25.7 Å². The van der Waals surface area contributed by atoms with Gasteiger partial charge in [-0.05, 0) is 47.2 Å². The molecule has 0 radical (unpaired) electrons. The number of amides is 1. The lowest BCUT2D eigenvalue weighted by Crippen LogP contribution is -2.37. The quantitative estimate of drug-likeness (QED) is 0.915. The molecule has 1 amide bonds. The van der Waals surface area contributed by atoms with Crippen LogP contribution in [0.3, 0.4) is 0 Å². The maximum atomic E-state index is 12.3. The van der Waals surface area contributed by atoms with Crippen LogP contribution in [0.25, 0.3) is 0 Å². The van der Waals surface area contributed by atoms with Gasteiger partial charge in [-0.1, -0.05) is 0 Å². The molecule has 0 aliphatic carbocycles. The van der Waals surface area contributed by atoms with Gasteiger partial charge in [-0.15, -0.1) is 0 Å². The minimum absolute atomic E-state index is 0.0296. The summed E-state index contributed by atoms with van der Waals surface area (Å²) >= 11 is 3.29. The molecule has 6 heteroatoms. The number of hydrogen-bond donors (Lipinski definition) is 1. The molecule has 0 unspecified atom stereocenters.